The Morgan fingerprint density at radius 1 is 1.28 bits per heavy atom. The zero-order valence-electron chi connectivity index (χ0n) is 16.8. The molecule has 29 heavy (non-hydrogen) atoms. The maximum Gasteiger partial charge on any atom is 0.308 e. The summed E-state index contributed by atoms with van der Waals surface area (Å²) in [5.74, 6) is -1.33. The van der Waals surface area contributed by atoms with Crippen molar-refractivity contribution in [2.75, 3.05) is 36.9 Å². The molecule has 1 saturated heterocycles. The SMILES string of the molecule is CCCCOC(=O)CC1C(=O)NCCN1C(=O)CNc1cccc(NC(C)=O)c1. The van der Waals surface area contributed by atoms with Gasteiger partial charge in [0.15, 0.2) is 0 Å². The van der Waals surface area contributed by atoms with Crippen LogP contribution in [0.5, 0.6) is 0 Å². The lowest BCUT2D eigenvalue weighted by molar-refractivity contribution is -0.151. The van der Waals surface area contributed by atoms with Gasteiger partial charge in [0.2, 0.25) is 17.7 Å². The standard InChI is InChI=1S/C20H28N4O5/c1-3-4-10-29-19(27)12-17-20(28)21-8-9-24(17)18(26)13-22-15-6-5-7-16(11-15)23-14(2)25/h5-7,11,17,22H,3-4,8-10,12-13H2,1-2H3,(H,21,28)(H,23,25). The van der Waals surface area contributed by atoms with Crippen molar-refractivity contribution in [2.24, 2.45) is 0 Å². The first-order valence-corrected chi connectivity index (χ1v) is 9.75. The first-order valence-electron chi connectivity index (χ1n) is 9.75. The number of piperazine rings is 1. The van der Waals surface area contributed by atoms with Gasteiger partial charge in [-0.05, 0) is 24.6 Å². The number of anilines is 2. The largest absolute Gasteiger partial charge is 0.466 e. The second kappa shape index (κ2) is 11.0. The van der Waals surface area contributed by atoms with Crippen LogP contribution >= 0.6 is 0 Å². The average Bonchev–Trinajstić information content (AvgIpc) is 2.67. The number of carbonyl (C=O) groups excluding carboxylic acids is 4. The van der Waals surface area contributed by atoms with Gasteiger partial charge in [-0.25, -0.2) is 0 Å². The molecule has 1 fully saturated rings. The van der Waals surface area contributed by atoms with Crippen molar-refractivity contribution in [1.29, 1.82) is 0 Å². The van der Waals surface area contributed by atoms with Gasteiger partial charge < -0.3 is 25.6 Å². The molecule has 1 aromatic rings. The van der Waals surface area contributed by atoms with Gasteiger partial charge in [-0.15, -0.1) is 0 Å². The van der Waals surface area contributed by atoms with Crippen LogP contribution in [0.2, 0.25) is 0 Å². The number of nitrogens with one attached hydrogen (secondary N) is 3. The van der Waals surface area contributed by atoms with Crippen molar-refractivity contribution in [2.45, 2.75) is 39.2 Å². The topological polar surface area (TPSA) is 117 Å². The number of unbranched alkanes of at least 4 members (excludes halogenated alkanes) is 1. The summed E-state index contributed by atoms with van der Waals surface area (Å²) in [6.45, 7) is 4.33. The van der Waals surface area contributed by atoms with E-state index in [4.69, 9.17) is 4.74 Å². The van der Waals surface area contributed by atoms with Crippen LogP contribution in [0.4, 0.5) is 11.4 Å². The number of nitrogens with zero attached hydrogens (tertiary/aromatic N) is 1. The Bertz CT molecular complexity index is 752. The van der Waals surface area contributed by atoms with Gasteiger partial charge in [-0.3, -0.25) is 19.2 Å². The molecule has 9 nitrogen and oxygen atoms in total. The molecule has 1 unspecified atom stereocenters. The molecule has 1 heterocycles. The third-order valence-electron chi connectivity index (χ3n) is 4.40. The summed E-state index contributed by atoms with van der Waals surface area (Å²) >= 11 is 0. The molecule has 0 bridgehead atoms. The van der Waals surface area contributed by atoms with Crippen LogP contribution < -0.4 is 16.0 Å². The highest BCUT2D eigenvalue weighted by molar-refractivity contribution is 5.93. The predicted octanol–water partition coefficient (Wildman–Crippen LogP) is 1.12. The van der Waals surface area contributed by atoms with Gasteiger partial charge in [0.1, 0.15) is 6.04 Å². The fourth-order valence-electron chi connectivity index (χ4n) is 2.95. The molecular formula is C20H28N4O5. The van der Waals surface area contributed by atoms with Crippen LogP contribution in [0.15, 0.2) is 24.3 Å². The van der Waals surface area contributed by atoms with Crippen LogP contribution in [0, 0.1) is 0 Å². The number of hydrogen-bond donors (Lipinski definition) is 3. The van der Waals surface area contributed by atoms with Crippen molar-refractivity contribution >= 4 is 35.1 Å². The smallest absolute Gasteiger partial charge is 0.308 e. The lowest BCUT2D eigenvalue weighted by atomic mass is 10.1. The molecule has 2 rings (SSSR count). The molecule has 0 saturated carbocycles. The Hall–Kier alpha value is -3.10. The number of amides is 3. The van der Waals surface area contributed by atoms with E-state index in [2.05, 4.69) is 16.0 Å². The Morgan fingerprint density at radius 2 is 2.03 bits per heavy atom. The molecule has 9 heteroatoms. The molecule has 1 atom stereocenters. The van der Waals surface area contributed by atoms with Crippen molar-refractivity contribution in [1.82, 2.24) is 10.2 Å². The third kappa shape index (κ3) is 7.10. The highest BCUT2D eigenvalue weighted by Gasteiger charge is 2.34. The molecule has 0 aliphatic carbocycles. The first-order chi connectivity index (χ1) is 13.9. The summed E-state index contributed by atoms with van der Waals surface area (Å²) in [6.07, 6.45) is 1.49. The van der Waals surface area contributed by atoms with Crippen molar-refractivity contribution in [3.05, 3.63) is 24.3 Å². The zero-order chi connectivity index (χ0) is 21.2. The summed E-state index contributed by atoms with van der Waals surface area (Å²) in [6, 6.07) is 6.09. The molecule has 3 N–H and O–H groups in total. The van der Waals surface area contributed by atoms with Crippen molar-refractivity contribution in [3.8, 4) is 0 Å². The highest BCUT2D eigenvalue weighted by atomic mass is 16.5. The Morgan fingerprint density at radius 3 is 2.76 bits per heavy atom. The summed E-state index contributed by atoms with van der Waals surface area (Å²) in [4.78, 5) is 49.5. The minimum atomic E-state index is -0.877. The second-order valence-electron chi connectivity index (χ2n) is 6.79. The van der Waals surface area contributed by atoms with Gasteiger partial charge in [0.05, 0.1) is 19.6 Å². The molecule has 3 amide bonds. The lowest BCUT2D eigenvalue weighted by Crippen LogP contribution is -2.58. The monoisotopic (exact) mass is 404 g/mol. The number of carbonyl (C=O) groups is 4. The summed E-state index contributed by atoms with van der Waals surface area (Å²) in [5, 5.41) is 8.36. The van der Waals surface area contributed by atoms with Gasteiger partial charge in [-0.2, -0.15) is 0 Å². The number of ether oxygens (including phenoxy) is 1. The predicted molar refractivity (Wildman–Crippen MR) is 108 cm³/mol. The van der Waals surface area contributed by atoms with Crippen LogP contribution in [0.3, 0.4) is 0 Å². The van der Waals surface area contributed by atoms with Gasteiger partial charge in [0, 0.05) is 31.4 Å². The van der Waals surface area contributed by atoms with Crippen LogP contribution in [-0.2, 0) is 23.9 Å². The van der Waals surface area contributed by atoms with Crippen LogP contribution in [0.25, 0.3) is 0 Å². The van der Waals surface area contributed by atoms with E-state index in [1.165, 1.54) is 11.8 Å². The molecule has 1 aliphatic heterocycles. The zero-order valence-corrected chi connectivity index (χ0v) is 16.8. The fraction of sp³-hybridized carbons (Fsp3) is 0.500. The number of hydrogen-bond acceptors (Lipinski definition) is 6. The van der Waals surface area contributed by atoms with Crippen molar-refractivity contribution < 1.29 is 23.9 Å². The van der Waals surface area contributed by atoms with Gasteiger partial charge >= 0.3 is 5.97 Å². The summed E-state index contributed by atoms with van der Waals surface area (Å²) in [5.41, 5.74) is 1.27. The molecule has 158 valence electrons. The molecule has 0 radical (unpaired) electrons. The van der Waals surface area contributed by atoms with E-state index < -0.39 is 12.0 Å². The van der Waals surface area contributed by atoms with Gasteiger partial charge in [-0.1, -0.05) is 19.4 Å². The van der Waals surface area contributed by atoms with E-state index in [-0.39, 0.29) is 30.7 Å². The fourth-order valence-corrected chi connectivity index (χ4v) is 2.95. The number of rotatable bonds is 9. The summed E-state index contributed by atoms with van der Waals surface area (Å²) < 4.78 is 5.13. The number of esters is 1. The maximum absolute atomic E-state index is 12.7. The van der Waals surface area contributed by atoms with E-state index in [0.29, 0.717) is 31.1 Å². The molecular weight excluding hydrogens is 376 g/mol. The molecule has 1 aliphatic rings. The molecule has 1 aromatic carbocycles. The van der Waals surface area contributed by atoms with Crippen molar-refractivity contribution in [3.63, 3.8) is 0 Å². The van der Waals surface area contributed by atoms with E-state index >= 15 is 0 Å². The Balaban J connectivity index is 1.95. The minimum absolute atomic E-state index is 0.0435. The first kappa shape index (κ1) is 22.2. The van der Waals surface area contributed by atoms with Crippen LogP contribution in [0.1, 0.15) is 33.1 Å². The van der Waals surface area contributed by atoms with E-state index in [1.807, 2.05) is 6.92 Å². The molecule has 0 aromatic heterocycles. The minimum Gasteiger partial charge on any atom is -0.466 e. The Kier molecular flexibility index (Phi) is 8.45. The number of benzene rings is 1. The van der Waals surface area contributed by atoms with E-state index in [1.54, 1.807) is 24.3 Å². The highest BCUT2D eigenvalue weighted by Crippen LogP contribution is 2.16. The van der Waals surface area contributed by atoms with Crippen LogP contribution in [-0.4, -0.2) is 60.9 Å². The Labute approximate surface area is 170 Å². The second-order valence-corrected chi connectivity index (χ2v) is 6.79. The maximum atomic E-state index is 12.7. The van der Waals surface area contributed by atoms with E-state index in [9.17, 15) is 19.2 Å². The van der Waals surface area contributed by atoms with E-state index in [0.717, 1.165) is 12.8 Å². The summed E-state index contributed by atoms with van der Waals surface area (Å²) in [7, 11) is 0. The normalized spacial score (nSPS) is 16.0. The van der Waals surface area contributed by atoms with Gasteiger partial charge in [0.25, 0.3) is 0 Å². The quantitative estimate of drug-likeness (QED) is 0.419. The third-order valence-corrected chi connectivity index (χ3v) is 4.40. The lowest BCUT2D eigenvalue weighted by Gasteiger charge is -2.34. The average molecular weight is 404 g/mol. The molecule has 0 spiro atoms.